The van der Waals surface area contributed by atoms with Gasteiger partial charge in [-0.05, 0) is 47.5 Å². The molecule has 0 atom stereocenters. The molecule has 4 aromatic rings. The van der Waals surface area contributed by atoms with Gasteiger partial charge < -0.3 is 14.2 Å². The molecule has 0 amide bonds. The molecule has 0 aliphatic carbocycles. The Morgan fingerprint density at radius 2 is 1.47 bits per heavy atom. The van der Waals surface area contributed by atoms with Crippen molar-refractivity contribution < 1.29 is 23.4 Å². The van der Waals surface area contributed by atoms with E-state index in [9.17, 15) is 9.18 Å². The third-order valence-electron chi connectivity index (χ3n) is 5.45. The van der Waals surface area contributed by atoms with Crippen molar-refractivity contribution in [3.8, 4) is 11.5 Å². The van der Waals surface area contributed by atoms with Gasteiger partial charge in [0, 0.05) is 17.2 Å². The van der Waals surface area contributed by atoms with Crippen LogP contribution in [0.15, 0.2) is 114 Å². The Morgan fingerprint density at radius 3 is 2.17 bits per heavy atom. The fourth-order valence-electron chi connectivity index (χ4n) is 3.63. The molecule has 0 saturated heterocycles. The van der Waals surface area contributed by atoms with Gasteiger partial charge >= 0.3 is 5.97 Å². The average Bonchev–Trinajstić information content (AvgIpc) is 3.28. The Balaban J connectivity index is 1.42. The lowest BCUT2D eigenvalue weighted by atomic mass is 10.1. The van der Waals surface area contributed by atoms with E-state index < -0.39 is 11.8 Å². The highest BCUT2D eigenvalue weighted by Crippen LogP contribution is 2.30. The standard InChI is InChI=1S/C30H22FNO4/c31-25-13-7-12-24(16-25)29-32-27(30(33)36-29)17-23-14-15-26(34-19-21-8-3-1-4-9-21)18-28(23)35-20-22-10-5-2-6-11-22/h1-18H,19-20H2/b27-17-. The van der Waals surface area contributed by atoms with Gasteiger partial charge in [0.15, 0.2) is 5.70 Å². The zero-order chi connectivity index (χ0) is 24.7. The molecular weight excluding hydrogens is 457 g/mol. The van der Waals surface area contributed by atoms with Gasteiger partial charge in [-0.3, -0.25) is 0 Å². The first-order valence-corrected chi connectivity index (χ1v) is 11.4. The number of hydrogen-bond donors (Lipinski definition) is 0. The fourth-order valence-corrected chi connectivity index (χ4v) is 3.63. The summed E-state index contributed by atoms with van der Waals surface area (Å²) >= 11 is 0. The minimum atomic E-state index is -0.618. The van der Waals surface area contributed by atoms with Crippen molar-refractivity contribution in [2.45, 2.75) is 13.2 Å². The van der Waals surface area contributed by atoms with Gasteiger partial charge in [-0.1, -0.05) is 66.7 Å². The van der Waals surface area contributed by atoms with Gasteiger partial charge in [0.1, 0.15) is 30.5 Å². The maximum atomic E-state index is 13.6. The summed E-state index contributed by atoms with van der Waals surface area (Å²) in [7, 11) is 0. The number of cyclic esters (lactones) is 1. The van der Waals surface area contributed by atoms with Crippen LogP contribution in [0.5, 0.6) is 11.5 Å². The highest BCUT2D eigenvalue weighted by atomic mass is 19.1. The third-order valence-corrected chi connectivity index (χ3v) is 5.45. The summed E-state index contributed by atoms with van der Waals surface area (Å²) in [4.78, 5) is 16.8. The van der Waals surface area contributed by atoms with Gasteiger partial charge in [0.2, 0.25) is 5.90 Å². The quantitative estimate of drug-likeness (QED) is 0.219. The summed E-state index contributed by atoms with van der Waals surface area (Å²) in [5.41, 5.74) is 3.16. The molecule has 5 rings (SSSR count). The van der Waals surface area contributed by atoms with Gasteiger partial charge in [-0.2, -0.15) is 0 Å². The summed E-state index contributed by atoms with van der Waals surface area (Å²) in [5, 5.41) is 0. The molecule has 0 bridgehead atoms. The number of ether oxygens (including phenoxy) is 3. The second-order valence-electron chi connectivity index (χ2n) is 8.09. The van der Waals surface area contributed by atoms with Gasteiger partial charge in [-0.25, -0.2) is 14.2 Å². The van der Waals surface area contributed by atoms with Crippen LogP contribution in [-0.4, -0.2) is 11.9 Å². The maximum Gasteiger partial charge on any atom is 0.363 e. The van der Waals surface area contributed by atoms with Gasteiger partial charge in [-0.15, -0.1) is 0 Å². The predicted molar refractivity (Wildman–Crippen MR) is 135 cm³/mol. The van der Waals surface area contributed by atoms with Gasteiger partial charge in [0.05, 0.1) is 0 Å². The smallest absolute Gasteiger partial charge is 0.363 e. The van der Waals surface area contributed by atoms with Crippen molar-refractivity contribution in [2.24, 2.45) is 4.99 Å². The molecule has 0 spiro atoms. The molecule has 0 saturated carbocycles. The molecule has 4 aromatic carbocycles. The van der Waals surface area contributed by atoms with Crippen LogP contribution in [0, 0.1) is 5.82 Å². The Labute approximate surface area is 208 Å². The highest BCUT2D eigenvalue weighted by Gasteiger charge is 2.25. The second-order valence-corrected chi connectivity index (χ2v) is 8.09. The van der Waals surface area contributed by atoms with Crippen molar-refractivity contribution in [1.82, 2.24) is 0 Å². The molecule has 0 N–H and O–H groups in total. The number of benzene rings is 4. The van der Waals surface area contributed by atoms with Gasteiger partial charge in [0.25, 0.3) is 0 Å². The van der Waals surface area contributed by atoms with Crippen LogP contribution in [0.3, 0.4) is 0 Å². The van der Waals surface area contributed by atoms with E-state index in [1.54, 1.807) is 24.3 Å². The van der Waals surface area contributed by atoms with Crippen LogP contribution in [0.2, 0.25) is 0 Å². The molecule has 6 heteroatoms. The van der Waals surface area contributed by atoms with Crippen LogP contribution in [-0.2, 0) is 22.7 Å². The Hall–Kier alpha value is -4.71. The van der Waals surface area contributed by atoms with E-state index in [4.69, 9.17) is 14.2 Å². The number of esters is 1. The number of aliphatic imine (C=N–C) groups is 1. The molecule has 1 aliphatic rings. The van der Waals surface area contributed by atoms with Crippen molar-refractivity contribution in [3.63, 3.8) is 0 Å². The van der Waals surface area contributed by atoms with Crippen LogP contribution >= 0.6 is 0 Å². The predicted octanol–water partition coefficient (Wildman–Crippen LogP) is 6.33. The lowest BCUT2D eigenvalue weighted by Gasteiger charge is -2.13. The summed E-state index contributed by atoms with van der Waals surface area (Å²) < 4.78 is 31.0. The first kappa shape index (κ1) is 23.1. The first-order chi connectivity index (χ1) is 17.6. The number of carbonyl (C=O) groups is 1. The number of rotatable bonds is 8. The van der Waals surface area contributed by atoms with Crippen LogP contribution in [0.25, 0.3) is 6.08 Å². The SMILES string of the molecule is O=C1OC(c2cccc(F)c2)=N/C1=C\c1ccc(OCc2ccccc2)cc1OCc1ccccc1. The summed E-state index contributed by atoms with van der Waals surface area (Å²) in [6.45, 7) is 0.744. The molecule has 0 unspecified atom stereocenters. The molecule has 0 radical (unpaired) electrons. The lowest BCUT2D eigenvalue weighted by Crippen LogP contribution is -2.05. The normalized spacial score (nSPS) is 13.9. The number of hydrogen-bond acceptors (Lipinski definition) is 5. The van der Waals surface area contributed by atoms with Crippen LogP contribution < -0.4 is 9.47 Å². The monoisotopic (exact) mass is 479 g/mol. The minimum absolute atomic E-state index is 0.0559. The largest absolute Gasteiger partial charge is 0.489 e. The van der Waals surface area contributed by atoms with Crippen molar-refractivity contribution in [1.29, 1.82) is 0 Å². The molecule has 36 heavy (non-hydrogen) atoms. The van der Waals surface area contributed by atoms with Crippen molar-refractivity contribution >= 4 is 17.9 Å². The van der Waals surface area contributed by atoms with Crippen LogP contribution in [0.4, 0.5) is 4.39 Å². The summed E-state index contributed by atoms with van der Waals surface area (Å²) in [5.74, 6) is 0.153. The zero-order valence-electron chi connectivity index (χ0n) is 19.3. The molecule has 1 aliphatic heterocycles. The maximum absolute atomic E-state index is 13.6. The molecule has 1 heterocycles. The summed E-state index contributed by atoms with van der Waals surface area (Å²) in [6, 6.07) is 30.8. The Kier molecular flexibility index (Phi) is 6.85. The number of nitrogens with zero attached hydrogens (tertiary/aromatic N) is 1. The average molecular weight is 480 g/mol. The molecule has 5 nitrogen and oxygen atoms in total. The van der Waals surface area contributed by atoms with Crippen molar-refractivity contribution in [2.75, 3.05) is 0 Å². The first-order valence-electron chi connectivity index (χ1n) is 11.4. The summed E-state index contributed by atoms with van der Waals surface area (Å²) in [6.07, 6.45) is 1.59. The molecular formula is C30H22FNO4. The van der Waals surface area contributed by atoms with E-state index in [1.807, 2.05) is 66.7 Å². The third kappa shape index (κ3) is 5.67. The minimum Gasteiger partial charge on any atom is -0.489 e. The lowest BCUT2D eigenvalue weighted by molar-refractivity contribution is -0.129. The Morgan fingerprint density at radius 1 is 0.778 bits per heavy atom. The van der Waals surface area contributed by atoms with E-state index in [0.29, 0.717) is 35.8 Å². The fraction of sp³-hybridized carbons (Fsp3) is 0.0667. The van der Waals surface area contributed by atoms with E-state index in [0.717, 1.165) is 11.1 Å². The number of halogens is 1. The van der Waals surface area contributed by atoms with Crippen molar-refractivity contribution in [3.05, 3.63) is 137 Å². The highest BCUT2D eigenvalue weighted by molar-refractivity contribution is 6.12. The van der Waals surface area contributed by atoms with E-state index >= 15 is 0 Å². The molecule has 0 fully saturated rings. The zero-order valence-corrected chi connectivity index (χ0v) is 19.3. The topological polar surface area (TPSA) is 57.1 Å². The number of carbonyl (C=O) groups excluding carboxylic acids is 1. The van der Waals surface area contributed by atoms with Crippen LogP contribution in [0.1, 0.15) is 22.3 Å². The second kappa shape index (κ2) is 10.7. The van der Waals surface area contributed by atoms with E-state index in [-0.39, 0.29) is 11.6 Å². The van der Waals surface area contributed by atoms with E-state index in [2.05, 4.69) is 4.99 Å². The molecule has 0 aromatic heterocycles. The molecule has 178 valence electrons. The Bertz CT molecular complexity index is 1430. The van der Waals surface area contributed by atoms with E-state index in [1.165, 1.54) is 18.2 Å².